The van der Waals surface area contributed by atoms with Gasteiger partial charge in [0.15, 0.2) is 5.82 Å². The SMILES string of the molecule is Cc1c2cnn(-c3ccccn3)c(=O)c2c(C)n1-c1cccc(CC2CCCCCC(C)(C)C2)c1. The summed E-state index contributed by atoms with van der Waals surface area (Å²) in [6, 6.07) is 14.4. The molecule has 3 heterocycles. The predicted molar refractivity (Wildman–Crippen MR) is 143 cm³/mol. The van der Waals surface area contributed by atoms with Crippen molar-refractivity contribution < 1.29 is 0 Å². The maximum atomic E-state index is 13.4. The number of rotatable bonds is 4. The van der Waals surface area contributed by atoms with Crippen LogP contribution in [0.4, 0.5) is 0 Å². The van der Waals surface area contributed by atoms with E-state index in [0.717, 1.165) is 34.8 Å². The fourth-order valence-electron chi connectivity index (χ4n) is 6.12. The highest BCUT2D eigenvalue weighted by atomic mass is 16.1. The van der Waals surface area contributed by atoms with Crippen molar-refractivity contribution in [3.63, 3.8) is 0 Å². The van der Waals surface area contributed by atoms with E-state index in [2.05, 4.69) is 59.7 Å². The van der Waals surface area contributed by atoms with Crippen LogP contribution in [0.3, 0.4) is 0 Å². The van der Waals surface area contributed by atoms with E-state index in [1.807, 2.05) is 19.1 Å². The molecule has 1 fully saturated rings. The van der Waals surface area contributed by atoms with Gasteiger partial charge in [-0.15, -0.1) is 0 Å². The summed E-state index contributed by atoms with van der Waals surface area (Å²) in [4.78, 5) is 17.8. The second-order valence-electron chi connectivity index (χ2n) is 11.1. The van der Waals surface area contributed by atoms with Crippen molar-refractivity contribution in [1.29, 1.82) is 0 Å². The smallest absolute Gasteiger partial charge is 0.282 e. The summed E-state index contributed by atoms with van der Waals surface area (Å²) in [6.45, 7) is 8.98. The monoisotopic (exact) mass is 468 g/mol. The summed E-state index contributed by atoms with van der Waals surface area (Å²) in [5.74, 6) is 1.26. The van der Waals surface area contributed by atoms with Gasteiger partial charge in [0.1, 0.15) is 0 Å². The molecule has 0 spiro atoms. The predicted octanol–water partition coefficient (Wildman–Crippen LogP) is 6.73. The number of benzene rings is 1. The highest BCUT2D eigenvalue weighted by Gasteiger charge is 2.25. The van der Waals surface area contributed by atoms with E-state index in [0.29, 0.717) is 16.6 Å². The number of nitrogens with zero attached hydrogens (tertiary/aromatic N) is 4. The highest BCUT2D eigenvalue weighted by molar-refractivity contribution is 5.88. The molecule has 0 amide bonds. The van der Waals surface area contributed by atoms with E-state index in [4.69, 9.17) is 0 Å². The Hall–Kier alpha value is -3.21. The molecule has 0 radical (unpaired) electrons. The Labute approximate surface area is 207 Å². The van der Waals surface area contributed by atoms with Crippen LogP contribution < -0.4 is 5.56 Å². The molecule has 5 rings (SSSR count). The molecule has 1 saturated carbocycles. The van der Waals surface area contributed by atoms with Crippen LogP contribution >= 0.6 is 0 Å². The summed E-state index contributed by atoms with van der Waals surface area (Å²) in [6.07, 6.45) is 12.6. The van der Waals surface area contributed by atoms with Crippen LogP contribution in [0.25, 0.3) is 22.3 Å². The summed E-state index contributed by atoms with van der Waals surface area (Å²) < 4.78 is 3.61. The largest absolute Gasteiger partial charge is 0.317 e. The molecule has 182 valence electrons. The van der Waals surface area contributed by atoms with E-state index in [1.165, 1.54) is 48.8 Å². The maximum Gasteiger partial charge on any atom is 0.282 e. The van der Waals surface area contributed by atoms with Gasteiger partial charge >= 0.3 is 0 Å². The van der Waals surface area contributed by atoms with E-state index in [1.54, 1.807) is 18.5 Å². The molecule has 3 aromatic heterocycles. The average molecular weight is 469 g/mol. The minimum atomic E-state index is -0.131. The molecule has 0 N–H and O–H groups in total. The third-order valence-electron chi connectivity index (χ3n) is 7.77. The van der Waals surface area contributed by atoms with Gasteiger partial charge in [-0.2, -0.15) is 9.78 Å². The molecule has 1 aromatic carbocycles. The highest BCUT2D eigenvalue weighted by Crippen LogP contribution is 2.37. The van der Waals surface area contributed by atoms with Gasteiger partial charge in [0, 0.05) is 28.7 Å². The standard InChI is InChI=1S/C30H36N4O/c1-21-26-20-32-34(27-14-7-9-16-31-27)29(35)28(26)22(2)33(21)25-13-10-12-23(18-25)17-24-11-6-5-8-15-30(3,4)19-24/h7,9-10,12-14,16,18,20,24H,5-6,8,11,15,17,19H2,1-4H3. The van der Waals surface area contributed by atoms with Crippen molar-refractivity contribution in [3.05, 3.63) is 82.2 Å². The van der Waals surface area contributed by atoms with Gasteiger partial charge in [0.05, 0.1) is 11.6 Å². The zero-order valence-electron chi connectivity index (χ0n) is 21.4. The van der Waals surface area contributed by atoms with Gasteiger partial charge in [-0.05, 0) is 74.3 Å². The minimum Gasteiger partial charge on any atom is -0.317 e. The minimum absolute atomic E-state index is 0.131. The molecule has 1 aliphatic carbocycles. The van der Waals surface area contributed by atoms with Gasteiger partial charge < -0.3 is 4.57 Å². The second kappa shape index (κ2) is 9.44. The first-order valence-electron chi connectivity index (χ1n) is 12.9. The molecule has 5 heteroatoms. The van der Waals surface area contributed by atoms with Crippen LogP contribution in [-0.2, 0) is 6.42 Å². The van der Waals surface area contributed by atoms with Crippen LogP contribution in [-0.4, -0.2) is 19.3 Å². The third-order valence-corrected chi connectivity index (χ3v) is 7.77. The van der Waals surface area contributed by atoms with Crippen molar-refractivity contribution in [2.75, 3.05) is 0 Å². The number of aromatic nitrogens is 4. The first kappa shape index (κ1) is 23.5. The molecule has 1 atom stereocenters. The molecule has 0 aliphatic heterocycles. The average Bonchev–Trinajstić information content (AvgIpc) is 3.08. The lowest BCUT2D eigenvalue weighted by molar-refractivity contribution is 0.209. The lowest BCUT2D eigenvalue weighted by Crippen LogP contribution is -2.21. The fraction of sp³-hybridized carbons (Fsp3) is 0.433. The lowest BCUT2D eigenvalue weighted by Gasteiger charge is -2.32. The lowest BCUT2D eigenvalue weighted by atomic mass is 9.73. The molecule has 4 aromatic rings. The van der Waals surface area contributed by atoms with Crippen molar-refractivity contribution in [2.24, 2.45) is 11.3 Å². The van der Waals surface area contributed by atoms with Gasteiger partial charge in [-0.1, -0.05) is 57.7 Å². The number of hydrogen-bond donors (Lipinski definition) is 0. The van der Waals surface area contributed by atoms with Crippen molar-refractivity contribution >= 4 is 10.8 Å². The van der Waals surface area contributed by atoms with Crippen LogP contribution in [0.5, 0.6) is 0 Å². The van der Waals surface area contributed by atoms with Gasteiger partial charge in [-0.3, -0.25) is 4.79 Å². The van der Waals surface area contributed by atoms with Crippen LogP contribution in [0.1, 0.15) is 69.3 Å². The summed E-state index contributed by atoms with van der Waals surface area (Å²) in [5.41, 5.74) is 4.77. The maximum absolute atomic E-state index is 13.4. The topological polar surface area (TPSA) is 52.7 Å². The Balaban J connectivity index is 1.52. The van der Waals surface area contributed by atoms with Gasteiger partial charge in [0.2, 0.25) is 0 Å². The summed E-state index contributed by atoms with van der Waals surface area (Å²) in [7, 11) is 0. The Bertz CT molecular complexity index is 1400. The Morgan fingerprint density at radius 2 is 1.89 bits per heavy atom. The van der Waals surface area contributed by atoms with E-state index < -0.39 is 0 Å². The molecule has 5 nitrogen and oxygen atoms in total. The van der Waals surface area contributed by atoms with E-state index in [9.17, 15) is 4.79 Å². The first-order chi connectivity index (χ1) is 16.8. The summed E-state index contributed by atoms with van der Waals surface area (Å²) in [5, 5.41) is 6.04. The van der Waals surface area contributed by atoms with E-state index in [-0.39, 0.29) is 5.56 Å². The Kier molecular flexibility index (Phi) is 6.35. The van der Waals surface area contributed by atoms with Crippen molar-refractivity contribution in [2.45, 2.75) is 72.6 Å². The van der Waals surface area contributed by atoms with Gasteiger partial charge in [0.25, 0.3) is 5.56 Å². The zero-order valence-corrected chi connectivity index (χ0v) is 21.4. The van der Waals surface area contributed by atoms with E-state index >= 15 is 0 Å². The molecule has 1 aliphatic rings. The molecular weight excluding hydrogens is 432 g/mol. The summed E-state index contributed by atoms with van der Waals surface area (Å²) >= 11 is 0. The Morgan fingerprint density at radius 3 is 2.69 bits per heavy atom. The molecule has 0 bridgehead atoms. The van der Waals surface area contributed by atoms with Crippen LogP contribution in [0, 0.1) is 25.2 Å². The number of pyridine rings is 1. The quantitative estimate of drug-likeness (QED) is 0.334. The first-order valence-corrected chi connectivity index (χ1v) is 12.9. The third kappa shape index (κ3) is 4.69. The number of fused-ring (bicyclic) bond motifs is 1. The number of aryl methyl sites for hydroxylation is 2. The molecule has 35 heavy (non-hydrogen) atoms. The fourth-order valence-corrected chi connectivity index (χ4v) is 6.12. The van der Waals surface area contributed by atoms with Crippen LogP contribution in [0.2, 0.25) is 0 Å². The van der Waals surface area contributed by atoms with Crippen molar-refractivity contribution in [3.8, 4) is 11.5 Å². The second-order valence-corrected chi connectivity index (χ2v) is 11.1. The van der Waals surface area contributed by atoms with Gasteiger partial charge in [-0.25, -0.2) is 4.98 Å². The van der Waals surface area contributed by atoms with Crippen molar-refractivity contribution in [1.82, 2.24) is 19.3 Å². The molecular formula is C30H36N4O. The molecule has 1 unspecified atom stereocenters. The Morgan fingerprint density at radius 1 is 1.03 bits per heavy atom. The van der Waals surface area contributed by atoms with Crippen LogP contribution in [0.15, 0.2) is 59.7 Å². The molecule has 0 saturated heterocycles. The zero-order chi connectivity index (χ0) is 24.6. The number of hydrogen-bond acceptors (Lipinski definition) is 3. The normalized spacial score (nSPS) is 18.3.